The summed E-state index contributed by atoms with van der Waals surface area (Å²) >= 11 is 0. The van der Waals surface area contributed by atoms with E-state index < -0.39 is 15.9 Å². The molecule has 1 aromatic rings. The van der Waals surface area contributed by atoms with E-state index in [0.29, 0.717) is 13.2 Å². The molecule has 2 rings (SSSR count). The maximum Gasteiger partial charge on any atom is 0.318 e. The van der Waals surface area contributed by atoms with Gasteiger partial charge in [0.1, 0.15) is 15.6 Å². The van der Waals surface area contributed by atoms with Gasteiger partial charge in [-0.15, -0.1) is 0 Å². The summed E-state index contributed by atoms with van der Waals surface area (Å²) in [7, 11) is -3.15. The van der Waals surface area contributed by atoms with Crippen molar-refractivity contribution in [3.8, 4) is 5.75 Å². The SMILES string of the molecule is C[C@H](NC(=O)N1CCOC(CS(C)(=O)=O)C1)c1cccc(O)c1. The molecule has 1 aromatic carbocycles. The van der Waals surface area contributed by atoms with Crippen LogP contribution in [0.1, 0.15) is 18.5 Å². The van der Waals surface area contributed by atoms with Crippen LogP contribution in [-0.4, -0.2) is 62.3 Å². The van der Waals surface area contributed by atoms with Crippen LogP contribution in [0.25, 0.3) is 0 Å². The molecule has 1 unspecified atom stereocenters. The average Bonchev–Trinajstić information content (AvgIpc) is 2.45. The zero-order valence-electron chi connectivity index (χ0n) is 13.2. The van der Waals surface area contributed by atoms with Gasteiger partial charge in [0.15, 0.2) is 0 Å². The van der Waals surface area contributed by atoms with Crippen LogP contribution in [0.15, 0.2) is 24.3 Å². The lowest BCUT2D eigenvalue weighted by Crippen LogP contribution is -2.51. The number of ether oxygens (including phenoxy) is 1. The van der Waals surface area contributed by atoms with Crippen LogP contribution < -0.4 is 5.32 Å². The van der Waals surface area contributed by atoms with Gasteiger partial charge in [0.2, 0.25) is 0 Å². The summed E-state index contributed by atoms with van der Waals surface area (Å²) in [6, 6.07) is 6.14. The quantitative estimate of drug-likeness (QED) is 0.848. The summed E-state index contributed by atoms with van der Waals surface area (Å²) in [4.78, 5) is 13.9. The zero-order valence-corrected chi connectivity index (χ0v) is 14.0. The Hall–Kier alpha value is -1.80. The van der Waals surface area contributed by atoms with E-state index in [-0.39, 0.29) is 30.1 Å². The normalized spacial score (nSPS) is 20.1. The van der Waals surface area contributed by atoms with Gasteiger partial charge < -0.3 is 20.1 Å². The molecule has 23 heavy (non-hydrogen) atoms. The number of phenols is 1. The number of aromatic hydroxyl groups is 1. The Morgan fingerprint density at radius 2 is 2.26 bits per heavy atom. The maximum atomic E-state index is 12.3. The van der Waals surface area contributed by atoms with Crippen molar-refractivity contribution in [2.45, 2.75) is 19.1 Å². The number of urea groups is 1. The fraction of sp³-hybridized carbons (Fsp3) is 0.533. The number of nitrogens with one attached hydrogen (secondary N) is 1. The number of morpholine rings is 1. The van der Waals surface area contributed by atoms with Crippen molar-refractivity contribution < 1.29 is 23.1 Å². The van der Waals surface area contributed by atoms with Crippen LogP contribution in [-0.2, 0) is 14.6 Å². The number of carbonyl (C=O) groups excluding carboxylic acids is 1. The largest absolute Gasteiger partial charge is 0.508 e. The van der Waals surface area contributed by atoms with Crippen LogP contribution in [0.4, 0.5) is 4.79 Å². The van der Waals surface area contributed by atoms with E-state index in [0.717, 1.165) is 11.8 Å². The molecular weight excluding hydrogens is 320 g/mol. The van der Waals surface area contributed by atoms with Crippen LogP contribution in [0.3, 0.4) is 0 Å². The summed E-state index contributed by atoms with van der Waals surface area (Å²) in [5.41, 5.74) is 0.791. The predicted molar refractivity (Wildman–Crippen MR) is 86.1 cm³/mol. The third-order valence-electron chi connectivity index (χ3n) is 3.62. The van der Waals surface area contributed by atoms with Gasteiger partial charge in [0, 0.05) is 19.3 Å². The first-order valence-electron chi connectivity index (χ1n) is 7.38. The fourth-order valence-corrected chi connectivity index (χ4v) is 3.37. The molecule has 0 bridgehead atoms. The smallest absolute Gasteiger partial charge is 0.318 e. The monoisotopic (exact) mass is 342 g/mol. The van der Waals surface area contributed by atoms with Gasteiger partial charge >= 0.3 is 6.03 Å². The van der Waals surface area contributed by atoms with E-state index >= 15 is 0 Å². The third kappa shape index (κ3) is 5.40. The van der Waals surface area contributed by atoms with Crippen molar-refractivity contribution >= 4 is 15.9 Å². The lowest BCUT2D eigenvalue weighted by atomic mass is 10.1. The maximum absolute atomic E-state index is 12.3. The molecule has 1 fully saturated rings. The number of hydrogen-bond acceptors (Lipinski definition) is 5. The molecule has 1 aliphatic heterocycles. The molecule has 1 saturated heterocycles. The number of sulfone groups is 1. The van der Waals surface area contributed by atoms with Crippen LogP contribution in [0, 0.1) is 0 Å². The summed E-state index contributed by atoms with van der Waals surface area (Å²) in [6.07, 6.45) is 0.653. The molecule has 1 aliphatic rings. The van der Waals surface area contributed by atoms with Crippen molar-refractivity contribution in [3.05, 3.63) is 29.8 Å². The molecule has 2 atom stereocenters. The number of nitrogens with zero attached hydrogens (tertiary/aromatic N) is 1. The van der Waals surface area contributed by atoms with Crippen molar-refractivity contribution in [2.24, 2.45) is 0 Å². The number of phenolic OH excluding ortho intramolecular Hbond substituents is 1. The van der Waals surface area contributed by atoms with E-state index in [4.69, 9.17) is 4.74 Å². The minimum Gasteiger partial charge on any atom is -0.508 e. The third-order valence-corrected chi connectivity index (χ3v) is 4.60. The number of rotatable bonds is 4. The highest BCUT2D eigenvalue weighted by Crippen LogP contribution is 2.18. The van der Waals surface area contributed by atoms with Crippen molar-refractivity contribution in [1.82, 2.24) is 10.2 Å². The molecule has 128 valence electrons. The Balaban J connectivity index is 1.94. The van der Waals surface area contributed by atoms with Gasteiger partial charge in [0.25, 0.3) is 0 Å². The first-order chi connectivity index (χ1) is 10.7. The van der Waals surface area contributed by atoms with E-state index in [2.05, 4.69) is 5.32 Å². The highest BCUT2D eigenvalue weighted by molar-refractivity contribution is 7.90. The van der Waals surface area contributed by atoms with E-state index in [9.17, 15) is 18.3 Å². The Morgan fingerprint density at radius 1 is 1.52 bits per heavy atom. The topological polar surface area (TPSA) is 95.9 Å². The van der Waals surface area contributed by atoms with E-state index in [1.807, 2.05) is 13.0 Å². The first kappa shape index (κ1) is 17.6. The van der Waals surface area contributed by atoms with E-state index in [1.54, 1.807) is 23.1 Å². The molecule has 7 nitrogen and oxygen atoms in total. The molecular formula is C15H22N2O5S. The lowest BCUT2D eigenvalue weighted by Gasteiger charge is -2.33. The number of amides is 2. The second-order valence-electron chi connectivity index (χ2n) is 5.80. The summed E-state index contributed by atoms with van der Waals surface area (Å²) in [6.45, 7) is 2.79. The Bertz CT molecular complexity index is 662. The minimum absolute atomic E-state index is 0.0983. The second kappa shape index (κ2) is 7.18. The summed E-state index contributed by atoms with van der Waals surface area (Å²) in [5.74, 6) is 0.0435. The molecule has 8 heteroatoms. The molecule has 0 aromatic heterocycles. The van der Waals surface area contributed by atoms with Gasteiger partial charge in [-0.2, -0.15) is 0 Å². The standard InChI is InChI=1S/C15H22N2O5S/c1-11(12-4-3-5-13(18)8-12)16-15(19)17-6-7-22-14(9-17)10-23(2,20)21/h3-5,8,11,14,18H,6-7,9-10H2,1-2H3,(H,16,19)/t11-,14?/m0/s1. The van der Waals surface area contributed by atoms with Gasteiger partial charge in [0.05, 0.1) is 24.5 Å². The molecule has 0 saturated carbocycles. The average molecular weight is 342 g/mol. The van der Waals surface area contributed by atoms with E-state index in [1.165, 1.54) is 0 Å². The van der Waals surface area contributed by atoms with Gasteiger partial charge in [-0.3, -0.25) is 0 Å². The Labute approximate surface area is 136 Å². The molecule has 0 aliphatic carbocycles. The molecule has 1 heterocycles. The lowest BCUT2D eigenvalue weighted by molar-refractivity contribution is -0.00200. The van der Waals surface area contributed by atoms with Crippen molar-refractivity contribution in [3.63, 3.8) is 0 Å². The number of carbonyl (C=O) groups is 1. The molecule has 0 radical (unpaired) electrons. The Morgan fingerprint density at radius 3 is 2.91 bits per heavy atom. The molecule has 2 amide bonds. The molecule has 2 N–H and O–H groups in total. The minimum atomic E-state index is -3.15. The number of hydrogen-bond donors (Lipinski definition) is 2. The predicted octanol–water partition coefficient (Wildman–Crippen LogP) is 0.908. The Kier molecular flexibility index (Phi) is 5.48. The summed E-state index contributed by atoms with van der Waals surface area (Å²) in [5, 5.41) is 12.3. The highest BCUT2D eigenvalue weighted by atomic mass is 32.2. The van der Waals surface area contributed by atoms with Crippen molar-refractivity contribution in [2.75, 3.05) is 31.7 Å². The van der Waals surface area contributed by atoms with Gasteiger partial charge in [-0.05, 0) is 24.6 Å². The number of benzene rings is 1. The first-order valence-corrected chi connectivity index (χ1v) is 9.44. The summed E-state index contributed by atoms with van der Waals surface area (Å²) < 4.78 is 28.1. The van der Waals surface area contributed by atoms with Crippen LogP contribution in [0.5, 0.6) is 5.75 Å². The zero-order chi connectivity index (χ0) is 17.0. The van der Waals surface area contributed by atoms with Crippen LogP contribution >= 0.6 is 0 Å². The van der Waals surface area contributed by atoms with Gasteiger partial charge in [-0.25, -0.2) is 13.2 Å². The van der Waals surface area contributed by atoms with Crippen LogP contribution in [0.2, 0.25) is 0 Å². The van der Waals surface area contributed by atoms with Gasteiger partial charge in [-0.1, -0.05) is 12.1 Å². The van der Waals surface area contributed by atoms with Crippen molar-refractivity contribution in [1.29, 1.82) is 0 Å². The fourth-order valence-electron chi connectivity index (χ4n) is 2.50. The second-order valence-corrected chi connectivity index (χ2v) is 7.98. The highest BCUT2D eigenvalue weighted by Gasteiger charge is 2.27. The molecule has 0 spiro atoms.